The minimum Gasteiger partial charge on any atom is -0.380 e. The van der Waals surface area contributed by atoms with E-state index < -0.39 is 0 Å². The molecule has 1 aliphatic heterocycles. The summed E-state index contributed by atoms with van der Waals surface area (Å²) in [6.07, 6.45) is 1.75. The molecule has 0 bridgehead atoms. The normalized spacial score (nSPS) is 17.2. The molecule has 0 atom stereocenters. The highest BCUT2D eigenvalue weighted by molar-refractivity contribution is 5.91. The number of ether oxygens (including phenoxy) is 1. The van der Waals surface area contributed by atoms with Crippen molar-refractivity contribution in [1.29, 1.82) is 0 Å². The van der Waals surface area contributed by atoms with Gasteiger partial charge in [0.15, 0.2) is 0 Å². The number of carbonyl (C=O) groups is 1. The van der Waals surface area contributed by atoms with Gasteiger partial charge in [-0.25, -0.2) is 4.98 Å². The first-order valence-electron chi connectivity index (χ1n) is 6.12. The predicted molar refractivity (Wildman–Crippen MR) is 66.8 cm³/mol. The minimum absolute atomic E-state index is 0.0327. The summed E-state index contributed by atoms with van der Waals surface area (Å²) in [5, 5.41) is 10.6. The largest absolute Gasteiger partial charge is 0.380 e. The van der Waals surface area contributed by atoms with Crippen LogP contribution >= 0.6 is 0 Å². The number of fused-ring (bicyclic) bond motifs is 1. The van der Waals surface area contributed by atoms with Crippen LogP contribution in [-0.4, -0.2) is 45.2 Å². The van der Waals surface area contributed by atoms with Gasteiger partial charge in [-0.3, -0.25) is 9.20 Å². The minimum atomic E-state index is -0.244. The molecule has 7 nitrogen and oxygen atoms in total. The maximum Gasteiger partial charge on any atom is 0.289 e. The maximum absolute atomic E-state index is 12.1. The van der Waals surface area contributed by atoms with Crippen molar-refractivity contribution in [3.05, 3.63) is 23.8 Å². The smallest absolute Gasteiger partial charge is 0.289 e. The topological polar surface area (TPSA) is 81.4 Å². The number of nitrogens with one attached hydrogen (secondary N) is 1. The second kappa shape index (κ2) is 4.27. The maximum atomic E-state index is 12.1. The number of amides is 1. The van der Waals surface area contributed by atoms with Crippen LogP contribution in [0.2, 0.25) is 0 Å². The molecule has 0 spiro atoms. The highest BCUT2D eigenvalue weighted by Crippen LogP contribution is 2.25. The Balaban J connectivity index is 1.78. The Morgan fingerprint density at radius 1 is 1.53 bits per heavy atom. The van der Waals surface area contributed by atoms with Gasteiger partial charge < -0.3 is 10.1 Å². The lowest BCUT2D eigenvalue weighted by atomic mass is 9.89. The number of aromatic nitrogens is 4. The Hall–Kier alpha value is -2.02. The van der Waals surface area contributed by atoms with Crippen LogP contribution in [0.1, 0.15) is 23.2 Å². The van der Waals surface area contributed by atoms with E-state index in [1.807, 2.05) is 13.0 Å². The molecule has 1 fully saturated rings. The zero-order valence-corrected chi connectivity index (χ0v) is 10.9. The summed E-state index contributed by atoms with van der Waals surface area (Å²) < 4.78 is 6.74. The first kappa shape index (κ1) is 12.0. The second-order valence-electron chi connectivity index (χ2n) is 5.25. The van der Waals surface area contributed by atoms with E-state index in [0.717, 1.165) is 5.69 Å². The Labute approximate surface area is 110 Å². The summed E-state index contributed by atoms with van der Waals surface area (Å²) in [4.78, 5) is 16.3. The van der Waals surface area contributed by atoms with Gasteiger partial charge in [-0.15, -0.1) is 10.2 Å². The number of hydrogen-bond donors (Lipinski definition) is 1. The molecule has 0 aliphatic carbocycles. The van der Waals surface area contributed by atoms with Crippen molar-refractivity contribution in [2.45, 2.75) is 13.8 Å². The van der Waals surface area contributed by atoms with Crippen molar-refractivity contribution in [1.82, 2.24) is 24.9 Å². The third-order valence-electron chi connectivity index (χ3n) is 3.20. The van der Waals surface area contributed by atoms with Crippen LogP contribution in [0.4, 0.5) is 0 Å². The lowest BCUT2D eigenvalue weighted by Crippen LogP contribution is -2.48. The van der Waals surface area contributed by atoms with Gasteiger partial charge in [-0.1, -0.05) is 6.92 Å². The number of nitrogens with zero attached hydrogens (tertiary/aromatic N) is 4. The number of carbonyl (C=O) groups excluding carboxylic acids is 1. The fourth-order valence-corrected chi connectivity index (χ4v) is 1.95. The van der Waals surface area contributed by atoms with Crippen LogP contribution in [0.3, 0.4) is 0 Å². The number of aryl methyl sites for hydroxylation is 1. The lowest BCUT2D eigenvalue weighted by molar-refractivity contribution is -0.0978. The predicted octanol–water partition coefficient (Wildman–Crippen LogP) is 0.199. The van der Waals surface area contributed by atoms with E-state index >= 15 is 0 Å². The quantitative estimate of drug-likeness (QED) is 0.853. The summed E-state index contributed by atoms with van der Waals surface area (Å²) in [5.41, 5.74) is 0.872. The average Bonchev–Trinajstić information content (AvgIpc) is 2.76. The van der Waals surface area contributed by atoms with Crippen molar-refractivity contribution in [2.75, 3.05) is 19.8 Å². The third kappa shape index (κ3) is 2.17. The molecule has 2 aromatic heterocycles. The van der Waals surface area contributed by atoms with Crippen molar-refractivity contribution < 1.29 is 9.53 Å². The first-order chi connectivity index (χ1) is 9.07. The molecule has 100 valence electrons. The molecule has 0 radical (unpaired) electrons. The lowest BCUT2D eigenvalue weighted by Gasteiger charge is -2.37. The van der Waals surface area contributed by atoms with Crippen LogP contribution in [-0.2, 0) is 4.74 Å². The third-order valence-corrected chi connectivity index (χ3v) is 3.20. The highest BCUT2D eigenvalue weighted by Gasteiger charge is 2.34. The second-order valence-corrected chi connectivity index (χ2v) is 5.25. The summed E-state index contributed by atoms with van der Waals surface area (Å²) in [7, 11) is 0. The Bertz CT molecular complexity index is 632. The summed E-state index contributed by atoms with van der Waals surface area (Å²) in [6, 6.07) is 1.81. The molecule has 1 amide bonds. The van der Waals surface area contributed by atoms with Gasteiger partial charge >= 0.3 is 0 Å². The molecule has 7 heteroatoms. The van der Waals surface area contributed by atoms with Gasteiger partial charge in [-0.2, -0.15) is 0 Å². The zero-order chi connectivity index (χ0) is 13.5. The summed E-state index contributed by atoms with van der Waals surface area (Å²) in [5.74, 6) is 0.445. The molecule has 1 aliphatic rings. The van der Waals surface area contributed by atoms with Crippen molar-refractivity contribution in [2.24, 2.45) is 5.41 Å². The SMILES string of the molecule is Cc1ccn2c(C(=O)NCC3(C)COC3)nnc2n1. The van der Waals surface area contributed by atoms with Gasteiger partial charge in [0.05, 0.1) is 13.2 Å². The molecule has 3 rings (SSSR count). The van der Waals surface area contributed by atoms with Crippen LogP contribution in [0.25, 0.3) is 5.78 Å². The van der Waals surface area contributed by atoms with E-state index in [-0.39, 0.29) is 17.1 Å². The molecule has 0 aromatic carbocycles. The highest BCUT2D eigenvalue weighted by atomic mass is 16.5. The van der Waals surface area contributed by atoms with Crippen LogP contribution in [0.5, 0.6) is 0 Å². The van der Waals surface area contributed by atoms with E-state index in [2.05, 4.69) is 27.4 Å². The number of rotatable bonds is 3. The average molecular weight is 261 g/mol. The van der Waals surface area contributed by atoms with Gasteiger partial charge in [0, 0.05) is 23.9 Å². The van der Waals surface area contributed by atoms with Gasteiger partial charge in [0.2, 0.25) is 5.82 Å². The molecule has 1 N–H and O–H groups in total. The molecular weight excluding hydrogens is 246 g/mol. The number of hydrogen-bond acceptors (Lipinski definition) is 5. The summed E-state index contributed by atoms with van der Waals surface area (Å²) in [6.45, 7) is 5.86. The Morgan fingerprint density at radius 2 is 2.32 bits per heavy atom. The van der Waals surface area contributed by atoms with Crippen molar-refractivity contribution >= 4 is 11.7 Å². The Kier molecular flexibility index (Phi) is 2.70. The molecular formula is C12H15N5O2. The zero-order valence-electron chi connectivity index (χ0n) is 10.9. The van der Waals surface area contributed by atoms with Crippen molar-refractivity contribution in [3.8, 4) is 0 Å². The van der Waals surface area contributed by atoms with Crippen LogP contribution in [0, 0.1) is 12.3 Å². The fraction of sp³-hybridized carbons (Fsp3) is 0.500. The van der Waals surface area contributed by atoms with E-state index in [9.17, 15) is 4.79 Å². The van der Waals surface area contributed by atoms with Crippen LogP contribution < -0.4 is 5.32 Å². The van der Waals surface area contributed by atoms with Crippen molar-refractivity contribution in [3.63, 3.8) is 0 Å². The Morgan fingerprint density at radius 3 is 3.00 bits per heavy atom. The fourth-order valence-electron chi connectivity index (χ4n) is 1.95. The molecule has 1 saturated heterocycles. The van der Waals surface area contributed by atoms with E-state index in [1.54, 1.807) is 10.6 Å². The van der Waals surface area contributed by atoms with E-state index in [4.69, 9.17) is 4.74 Å². The first-order valence-corrected chi connectivity index (χ1v) is 6.12. The van der Waals surface area contributed by atoms with Gasteiger partial charge in [0.25, 0.3) is 11.7 Å². The molecule has 3 heterocycles. The summed E-state index contributed by atoms with van der Waals surface area (Å²) >= 11 is 0. The standard InChI is InChI=1S/C12H15N5O2/c1-8-3-4-17-9(15-16-11(17)14-8)10(18)13-5-12(2)6-19-7-12/h3-4H,5-7H2,1-2H3,(H,13,18). The van der Waals surface area contributed by atoms with Gasteiger partial charge in [-0.05, 0) is 13.0 Å². The van der Waals surface area contributed by atoms with E-state index in [0.29, 0.717) is 25.5 Å². The monoisotopic (exact) mass is 261 g/mol. The molecule has 19 heavy (non-hydrogen) atoms. The van der Waals surface area contributed by atoms with E-state index in [1.165, 1.54) is 0 Å². The molecule has 2 aromatic rings. The van der Waals surface area contributed by atoms with Crippen LogP contribution in [0.15, 0.2) is 12.3 Å². The molecule has 0 saturated carbocycles. The van der Waals surface area contributed by atoms with Gasteiger partial charge in [0.1, 0.15) is 0 Å². The molecule has 0 unspecified atom stereocenters.